The Bertz CT molecular complexity index is 385. The monoisotopic (exact) mass is 297 g/mol. The number of aromatic nitrogens is 1. The van der Waals surface area contributed by atoms with Crippen molar-refractivity contribution in [3.63, 3.8) is 0 Å². The number of thioether (sulfide) groups is 2. The average Bonchev–Trinajstić information content (AvgIpc) is 2.43. The Hall–Kier alpha value is -0.390. The third kappa shape index (κ3) is 3.80. The molecule has 19 heavy (non-hydrogen) atoms. The van der Waals surface area contributed by atoms with Crippen LogP contribution in [0.5, 0.6) is 0 Å². The maximum atomic E-state index is 6.13. The van der Waals surface area contributed by atoms with Crippen molar-refractivity contribution in [1.82, 2.24) is 10.3 Å². The molecule has 0 radical (unpaired) electrons. The van der Waals surface area contributed by atoms with Crippen molar-refractivity contribution in [2.75, 3.05) is 29.5 Å². The first-order valence-corrected chi connectivity index (χ1v) is 9.08. The molecule has 0 saturated carbocycles. The molecule has 1 aliphatic rings. The Morgan fingerprint density at radius 1 is 1.53 bits per heavy atom. The number of rotatable bonds is 5. The zero-order valence-electron chi connectivity index (χ0n) is 11.7. The van der Waals surface area contributed by atoms with E-state index >= 15 is 0 Å². The highest BCUT2D eigenvalue weighted by Gasteiger charge is 2.28. The minimum Gasteiger partial charge on any atom is -0.383 e. The van der Waals surface area contributed by atoms with E-state index in [0.29, 0.717) is 17.1 Å². The predicted octanol–water partition coefficient (Wildman–Crippen LogP) is 2.86. The first-order chi connectivity index (χ1) is 9.24. The van der Waals surface area contributed by atoms with Crippen molar-refractivity contribution >= 4 is 29.3 Å². The molecule has 0 bridgehead atoms. The van der Waals surface area contributed by atoms with E-state index in [0.717, 1.165) is 13.0 Å². The summed E-state index contributed by atoms with van der Waals surface area (Å²) in [5, 5.41) is 4.28. The first kappa shape index (κ1) is 15.0. The van der Waals surface area contributed by atoms with Crippen LogP contribution in [-0.2, 0) is 0 Å². The molecule has 0 aliphatic carbocycles. The Labute approximate surface area is 124 Å². The number of hydrogen-bond donors (Lipinski definition) is 2. The molecule has 2 atom stereocenters. The molecule has 3 N–H and O–H groups in total. The normalized spacial score (nSPS) is 21.3. The summed E-state index contributed by atoms with van der Waals surface area (Å²) < 4.78 is 0. The van der Waals surface area contributed by atoms with Crippen LogP contribution in [0.1, 0.15) is 30.5 Å². The van der Waals surface area contributed by atoms with Gasteiger partial charge in [-0.1, -0.05) is 6.92 Å². The van der Waals surface area contributed by atoms with E-state index in [1.165, 1.54) is 28.4 Å². The molecular formula is C14H23N3S2. The Kier molecular flexibility index (Phi) is 5.85. The van der Waals surface area contributed by atoms with Gasteiger partial charge in [-0.15, -0.1) is 0 Å². The van der Waals surface area contributed by atoms with E-state index in [2.05, 4.69) is 42.0 Å². The number of nitrogens with two attached hydrogens (primary N) is 1. The quantitative estimate of drug-likeness (QED) is 0.875. The lowest BCUT2D eigenvalue weighted by atomic mass is 10.00. The second-order valence-corrected chi connectivity index (χ2v) is 7.34. The van der Waals surface area contributed by atoms with Crippen molar-refractivity contribution in [2.24, 2.45) is 0 Å². The highest BCUT2D eigenvalue weighted by molar-refractivity contribution is 8.06. The number of aryl methyl sites for hydroxylation is 1. The lowest BCUT2D eigenvalue weighted by Gasteiger charge is -2.32. The Balaban J connectivity index is 2.25. The summed E-state index contributed by atoms with van der Waals surface area (Å²) >= 11 is 4.12. The summed E-state index contributed by atoms with van der Waals surface area (Å²) in [5.74, 6) is 4.38. The van der Waals surface area contributed by atoms with Gasteiger partial charge in [-0.3, -0.25) is 0 Å². The molecule has 1 aliphatic heterocycles. The van der Waals surface area contributed by atoms with Crippen LogP contribution in [0, 0.1) is 6.92 Å². The van der Waals surface area contributed by atoms with Crippen LogP contribution in [0.4, 0.5) is 5.82 Å². The maximum absolute atomic E-state index is 6.13. The lowest BCUT2D eigenvalue weighted by molar-refractivity contribution is 0.528. The van der Waals surface area contributed by atoms with E-state index < -0.39 is 0 Å². The van der Waals surface area contributed by atoms with Gasteiger partial charge in [0.2, 0.25) is 0 Å². The summed E-state index contributed by atoms with van der Waals surface area (Å²) in [5.41, 5.74) is 8.59. The summed E-state index contributed by atoms with van der Waals surface area (Å²) in [4.78, 5) is 4.29. The molecular weight excluding hydrogens is 274 g/mol. The fraction of sp³-hybridized carbons (Fsp3) is 0.643. The number of nitrogens with zero attached hydrogens (tertiary/aromatic N) is 1. The van der Waals surface area contributed by atoms with Gasteiger partial charge in [0.1, 0.15) is 5.82 Å². The molecule has 3 nitrogen and oxygen atoms in total. The topological polar surface area (TPSA) is 50.9 Å². The highest BCUT2D eigenvalue weighted by Crippen LogP contribution is 2.36. The summed E-state index contributed by atoms with van der Waals surface area (Å²) in [6, 6.07) is 2.39. The van der Waals surface area contributed by atoms with Gasteiger partial charge in [0.15, 0.2) is 0 Å². The average molecular weight is 297 g/mol. The third-order valence-electron chi connectivity index (χ3n) is 3.38. The van der Waals surface area contributed by atoms with Gasteiger partial charge in [-0.2, -0.15) is 23.5 Å². The van der Waals surface area contributed by atoms with Gasteiger partial charge in [0.05, 0.1) is 0 Å². The second-order valence-electron chi connectivity index (χ2n) is 4.84. The van der Waals surface area contributed by atoms with Crippen molar-refractivity contribution < 1.29 is 0 Å². The number of anilines is 1. The van der Waals surface area contributed by atoms with E-state index in [-0.39, 0.29) is 0 Å². The third-order valence-corrected chi connectivity index (χ3v) is 6.24. The van der Waals surface area contributed by atoms with Gasteiger partial charge < -0.3 is 11.1 Å². The van der Waals surface area contributed by atoms with Gasteiger partial charge in [0, 0.05) is 40.3 Å². The molecule has 2 unspecified atom stereocenters. The van der Waals surface area contributed by atoms with Gasteiger partial charge in [-0.05, 0) is 31.5 Å². The molecule has 106 valence electrons. The molecule has 2 rings (SSSR count). The van der Waals surface area contributed by atoms with Crippen molar-refractivity contribution in [2.45, 2.75) is 31.6 Å². The Morgan fingerprint density at radius 2 is 2.37 bits per heavy atom. The van der Waals surface area contributed by atoms with Crippen LogP contribution in [0.2, 0.25) is 0 Å². The van der Waals surface area contributed by atoms with E-state index in [4.69, 9.17) is 5.73 Å². The number of nitrogen functional groups attached to an aromatic ring is 1. The molecule has 1 aromatic rings. The minimum absolute atomic E-state index is 0.325. The zero-order valence-corrected chi connectivity index (χ0v) is 13.3. The molecule has 5 heteroatoms. The van der Waals surface area contributed by atoms with Crippen LogP contribution in [0.3, 0.4) is 0 Å². The molecule has 1 fully saturated rings. The van der Waals surface area contributed by atoms with Crippen molar-refractivity contribution in [3.8, 4) is 0 Å². The Morgan fingerprint density at radius 3 is 3.00 bits per heavy atom. The molecule has 1 saturated heterocycles. The fourth-order valence-electron chi connectivity index (χ4n) is 2.41. The molecule has 0 aromatic carbocycles. The van der Waals surface area contributed by atoms with Gasteiger partial charge >= 0.3 is 0 Å². The van der Waals surface area contributed by atoms with Crippen molar-refractivity contribution in [1.29, 1.82) is 0 Å². The van der Waals surface area contributed by atoms with Crippen LogP contribution >= 0.6 is 23.5 Å². The lowest BCUT2D eigenvalue weighted by Crippen LogP contribution is -2.35. The predicted molar refractivity (Wildman–Crippen MR) is 88.0 cm³/mol. The number of nitrogens with one attached hydrogen (secondary N) is 1. The first-order valence-electron chi connectivity index (χ1n) is 6.87. The van der Waals surface area contributed by atoms with Crippen LogP contribution in [0.25, 0.3) is 0 Å². The van der Waals surface area contributed by atoms with E-state index in [1.54, 1.807) is 6.20 Å². The van der Waals surface area contributed by atoms with Crippen LogP contribution < -0.4 is 11.1 Å². The maximum Gasteiger partial charge on any atom is 0.128 e. The van der Waals surface area contributed by atoms with E-state index in [9.17, 15) is 0 Å². The van der Waals surface area contributed by atoms with Crippen LogP contribution in [0.15, 0.2) is 12.3 Å². The highest BCUT2D eigenvalue weighted by atomic mass is 32.2. The van der Waals surface area contributed by atoms with Crippen LogP contribution in [-0.4, -0.2) is 34.0 Å². The smallest absolute Gasteiger partial charge is 0.128 e. The number of pyridine rings is 1. The minimum atomic E-state index is 0.325. The molecule has 2 heterocycles. The second kappa shape index (κ2) is 7.41. The van der Waals surface area contributed by atoms with Crippen molar-refractivity contribution in [3.05, 3.63) is 23.4 Å². The molecule has 1 aromatic heterocycles. The standard InChI is InChI=1S/C14H23N3S2/c1-3-5-16-13(11-9-18-7-8-19-11)12-10(2)4-6-17-14(12)15/h4,6,11,13,16H,3,5,7-9H2,1-2H3,(H2,15,17). The summed E-state index contributed by atoms with van der Waals surface area (Å²) in [7, 11) is 0. The van der Waals surface area contributed by atoms with E-state index in [1.807, 2.05) is 11.8 Å². The number of hydrogen-bond acceptors (Lipinski definition) is 5. The SMILES string of the molecule is CCCNC(c1c(C)ccnc1N)C1CSCCS1. The molecule has 0 amide bonds. The zero-order chi connectivity index (χ0) is 13.7. The largest absolute Gasteiger partial charge is 0.383 e. The van der Waals surface area contributed by atoms with Gasteiger partial charge in [0.25, 0.3) is 0 Å². The molecule has 0 spiro atoms. The summed E-state index contributed by atoms with van der Waals surface area (Å²) in [6.07, 6.45) is 2.94. The van der Waals surface area contributed by atoms with Gasteiger partial charge in [-0.25, -0.2) is 4.98 Å². The summed E-state index contributed by atoms with van der Waals surface area (Å²) in [6.45, 7) is 5.36. The fourth-order valence-corrected chi connectivity index (χ4v) is 5.26.